The predicted molar refractivity (Wildman–Crippen MR) is 104 cm³/mol. The number of carboxylic acid groups (broad SMARTS) is 1. The van der Waals surface area contributed by atoms with Crippen molar-refractivity contribution in [3.05, 3.63) is 29.8 Å². The minimum absolute atomic E-state index is 0.0609. The number of carboxylic acids is 1. The van der Waals surface area contributed by atoms with Gasteiger partial charge in [0.25, 0.3) is 0 Å². The first-order valence-corrected chi connectivity index (χ1v) is 9.29. The van der Waals surface area contributed by atoms with Gasteiger partial charge < -0.3 is 44.5 Å². The maximum atomic E-state index is 12.0. The third kappa shape index (κ3) is 6.15. The molecule has 1 aliphatic rings. The quantitative estimate of drug-likeness (QED) is 0.263. The van der Waals surface area contributed by atoms with Crippen LogP contribution in [0.2, 0.25) is 0 Å². The van der Waals surface area contributed by atoms with Gasteiger partial charge in [-0.3, -0.25) is 0 Å². The van der Waals surface area contributed by atoms with Crippen molar-refractivity contribution in [1.29, 1.82) is 0 Å². The van der Waals surface area contributed by atoms with Crippen LogP contribution >= 0.6 is 0 Å². The van der Waals surface area contributed by atoms with E-state index in [4.69, 9.17) is 24.1 Å². The Hall–Kier alpha value is -2.70. The maximum absolute atomic E-state index is 12.0. The van der Waals surface area contributed by atoms with E-state index in [2.05, 4.69) is 0 Å². The number of benzene rings is 1. The number of aliphatic carboxylic acids is 1. The highest BCUT2D eigenvalue weighted by Gasteiger charge is 2.47. The van der Waals surface area contributed by atoms with Gasteiger partial charge in [0.2, 0.25) is 0 Å². The number of hydrogen-bond donors (Lipinski definition) is 5. The lowest BCUT2D eigenvalue weighted by atomic mass is 9.99. The van der Waals surface area contributed by atoms with Crippen LogP contribution in [0.3, 0.4) is 0 Å². The summed E-state index contributed by atoms with van der Waals surface area (Å²) in [5, 5.41) is 48.8. The van der Waals surface area contributed by atoms with E-state index in [0.717, 1.165) is 6.08 Å². The Kier molecular flexibility index (Phi) is 7.98. The first-order valence-electron chi connectivity index (χ1n) is 9.29. The molecule has 11 heteroatoms. The van der Waals surface area contributed by atoms with Crippen LogP contribution in [-0.2, 0) is 23.8 Å². The van der Waals surface area contributed by atoms with Crippen LogP contribution in [0.5, 0.6) is 11.5 Å². The van der Waals surface area contributed by atoms with Gasteiger partial charge in [-0.15, -0.1) is 0 Å². The van der Waals surface area contributed by atoms with E-state index >= 15 is 0 Å². The van der Waals surface area contributed by atoms with E-state index in [0.29, 0.717) is 5.56 Å². The summed E-state index contributed by atoms with van der Waals surface area (Å²) in [6, 6.07) is 4.43. The molecule has 11 nitrogen and oxygen atoms in total. The van der Waals surface area contributed by atoms with Gasteiger partial charge in [0.15, 0.2) is 23.4 Å². The lowest BCUT2D eigenvalue weighted by Crippen LogP contribution is -2.61. The van der Waals surface area contributed by atoms with Crippen LogP contribution in [0, 0.1) is 0 Å². The van der Waals surface area contributed by atoms with Gasteiger partial charge >= 0.3 is 11.9 Å². The zero-order valence-electron chi connectivity index (χ0n) is 17.2. The normalized spacial score (nSPS) is 26.6. The summed E-state index contributed by atoms with van der Waals surface area (Å²) in [5.74, 6) is -1.97. The van der Waals surface area contributed by atoms with Crippen LogP contribution < -0.4 is 4.74 Å². The average Bonchev–Trinajstić information content (AvgIpc) is 2.72. The molecule has 5 atom stereocenters. The van der Waals surface area contributed by atoms with Gasteiger partial charge in [-0.1, -0.05) is 6.07 Å². The van der Waals surface area contributed by atoms with E-state index in [1.807, 2.05) is 0 Å². The lowest BCUT2D eigenvalue weighted by molar-refractivity contribution is -0.320. The molecule has 1 aromatic rings. The first kappa shape index (κ1) is 24.6. The number of phenolic OH excluding ortho intramolecular Hbond substituents is 1. The van der Waals surface area contributed by atoms with Crippen molar-refractivity contribution in [2.24, 2.45) is 0 Å². The van der Waals surface area contributed by atoms with Gasteiger partial charge in [-0.25, -0.2) is 9.59 Å². The number of carbonyl (C=O) groups excluding carboxylic acids is 1. The molecule has 0 spiro atoms. The second kappa shape index (κ2) is 10.1. The van der Waals surface area contributed by atoms with Gasteiger partial charge in [0.1, 0.15) is 31.0 Å². The van der Waals surface area contributed by atoms with Crippen molar-refractivity contribution >= 4 is 18.0 Å². The van der Waals surface area contributed by atoms with Crippen molar-refractivity contribution in [3.63, 3.8) is 0 Å². The van der Waals surface area contributed by atoms with Gasteiger partial charge in [-0.05, 0) is 37.6 Å². The molecular weight excluding hydrogens is 416 g/mol. The Morgan fingerprint density at radius 1 is 1.16 bits per heavy atom. The molecule has 0 radical (unpaired) electrons. The van der Waals surface area contributed by atoms with E-state index in [1.54, 1.807) is 6.07 Å². The number of hydrogen-bond acceptors (Lipinski definition) is 10. The molecule has 1 aromatic carbocycles. The third-order valence-corrected chi connectivity index (χ3v) is 4.60. The van der Waals surface area contributed by atoms with E-state index < -0.39 is 54.9 Å². The molecule has 5 N–H and O–H groups in total. The molecule has 0 amide bonds. The Morgan fingerprint density at radius 3 is 2.45 bits per heavy atom. The highest BCUT2D eigenvalue weighted by Crippen LogP contribution is 2.27. The number of aromatic hydroxyl groups is 1. The number of aliphatic hydroxyl groups is 3. The Labute approximate surface area is 178 Å². The van der Waals surface area contributed by atoms with Crippen molar-refractivity contribution < 1.29 is 54.1 Å². The molecule has 0 aliphatic carbocycles. The second-order valence-corrected chi connectivity index (χ2v) is 7.34. The minimum atomic E-state index is -1.75. The number of methoxy groups -OCH3 is 1. The average molecular weight is 442 g/mol. The molecule has 0 aromatic heterocycles. The molecule has 0 bridgehead atoms. The molecule has 2 rings (SSSR count). The lowest BCUT2D eigenvalue weighted by Gasteiger charge is -2.41. The van der Waals surface area contributed by atoms with Gasteiger partial charge in [0.05, 0.1) is 7.11 Å². The van der Waals surface area contributed by atoms with E-state index in [9.17, 15) is 30.0 Å². The molecule has 1 heterocycles. The number of esters is 1. The van der Waals surface area contributed by atoms with Crippen LogP contribution in [0.1, 0.15) is 19.4 Å². The fourth-order valence-electron chi connectivity index (χ4n) is 2.67. The van der Waals surface area contributed by atoms with Crippen molar-refractivity contribution in [3.8, 4) is 11.5 Å². The van der Waals surface area contributed by atoms with Crippen LogP contribution in [0.15, 0.2) is 24.3 Å². The molecular formula is C20H26O11. The summed E-state index contributed by atoms with van der Waals surface area (Å²) < 4.78 is 20.5. The SMILES string of the molecule is COc1cc(/C=C/C(=O)OC[C@H]2O[C@@H](OC(C)(C)C(=O)O)[C@H](O)[C@@H](O)[C@@H]2O)ccc1O. The van der Waals surface area contributed by atoms with Crippen LogP contribution in [-0.4, -0.2) is 87.5 Å². The topological polar surface area (TPSA) is 172 Å². The van der Waals surface area contributed by atoms with E-state index in [-0.39, 0.29) is 11.5 Å². The number of carbonyl (C=O) groups is 2. The molecule has 1 aliphatic heterocycles. The summed E-state index contributed by atoms with van der Waals surface area (Å²) >= 11 is 0. The smallest absolute Gasteiger partial charge is 0.335 e. The summed E-state index contributed by atoms with van der Waals surface area (Å²) in [7, 11) is 1.38. The predicted octanol–water partition coefficient (Wildman–Crippen LogP) is -0.355. The zero-order valence-corrected chi connectivity index (χ0v) is 17.2. The highest BCUT2D eigenvalue weighted by atomic mass is 16.7. The summed E-state index contributed by atoms with van der Waals surface area (Å²) in [6.07, 6.45) is -5.40. The molecule has 172 valence electrons. The van der Waals surface area contributed by atoms with E-state index in [1.165, 1.54) is 39.2 Å². The number of rotatable bonds is 8. The van der Waals surface area contributed by atoms with Crippen molar-refractivity contribution in [2.45, 2.75) is 50.2 Å². The molecule has 1 saturated heterocycles. The Morgan fingerprint density at radius 2 is 1.84 bits per heavy atom. The molecule has 0 unspecified atom stereocenters. The maximum Gasteiger partial charge on any atom is 0.335 e. The van der Waals surface area contributed by atoms with Gasteiger partial charge in [0, 0.05) is 6.08 Å². The fourth-order valence-corrected chi connectivity index (χ4v) is 2.67. The summed E-state index contributed by atoms with van der Waals surface area (Å²) in [4.78, 5) is 23.2. The number of aliphatic hydroxyl groups excluding tert-OH is 3. The standard InChI is InChI=1S/C20H26O11/c1-20(2,19(26)27)31-18-17(25)16(24)15(23)13(30-18)9-29-14(22)7-5-10-4-6-11(21)12(8-10)28-3/h4-8,13,15-18,21,23-25H,9H2,1-3H3,(H,26,27)/b7-5+/t13-,15-,16+,17-,18+/m1/s1. The largest absolute Gasteiger partial charge is 0.504 e. The van der Waals surface area contributed by atoms with Crippen LogP contribution in [0.25, 0.3) is 6.08 Å². The second-order valence-electron chi connectivity index (χ2n) is 7.34. The Balaban J connectivity index is 1.99. The zero-order chi connectivity index (χ0) is 23.3. The third-order valence-electron chi connectivity index (χ3n) is 4.60. The van der Waals surface area contributed by atoms with Gasteiger partial charge in [-0.2, -0.15) is 0 Å². The first-order chi connectivity index (χ1) is 14.5. The van der Waals surface area contributed by atoms with Crippen molar-refractivity contribution in [1.82, 2.24) is 0 Å². The van der Waals surface area contributed by atoms with Crippen molar-refractivity contribution in [2.75, 3.05) is 13.7 Å². The monoisotopic (exact) mass is 442 g/mol. The Bertz CT molecular complexity index is 819. The minimum Gasteiger partial charge on any atom is -0.504 e. The summed E-state index contributed by atoms with van der Waals surface area (Å²) in [6.45, 7) is 1.95. The number of ether oxygens (including phenoxy) is 4. The van der Waals surface area contributed by atoms with Crippen LogP contribution in [0.4, 0.5) is 0 Å². The fraction of sp³-hybridized carbons (Fsp3) is 0.500. The number of phenols is 1. The molecule has 31 heavy (non-hydrogen) atoms. The molecule has 0 saturated carbocycles. The summed E-state index contributed by atoms with van der Waals surface area (Å²) in [5.41, 5.74) is -1.20. The molecule has 1 fully saturated rings. The highest BCUT2D eigenvalue weighted by molar-refractivity contribution is 5.87.